The number of anilines is 2. The number of rotatable bonds is 7. The number of hydrogen-bond acceptors (Lipinski definition) is 4. The number of hydrogen-bond donors (Lipinski definition) is 2. The zero-order chi connectivity index (χ0) is 26.1. The van der Waals surface area contributed by atoms with Crippen molar-refractivity contribution < 1.29 is 27.8 Å². The fourth-order valence-electron chi connectivity index (χ4n) is 4.86. The van der Waals surface area contributed by atoms with Gasteiger partial charge in [0.15, 0.2) is 17.4 Å². The molecule has 5 rings (SSSR count). The Morgan fingerprint density at radius 3 is 2.53 bits per heavy atom. The fraction of sp³-hybridized carbons (Fsp3) is 0.207. The fourth-order valence-corrected chi connectivity index (χ4v) is 4.86. The lowest BCUT2D eigenvalue weighted by molar-refractivity contribution is 0.0686. The largest absolute Gasteiger partial charge is 0.483 e. The summed E-state index contributed by atoms with van der Waals surface area (Å²) in [5.74, 6) is -4.78. The van der Waals surface area contributed by atoms with Crippen LogP contribution in [0.15, 0.2) is 72.8 Å². The summed E-state index contributed by atoms with van der Waals surface area (Å²) in [7, 11) is 0. The van der Waals surface area contributed by atoms with Crippen LogP contribution in [0.5, 0.6) is 5.75 Å². The summed E-state index contributed by atoms with van der Waals surface area (Å²) in [5.41, 5.74) is 0.186. The number of ether oxygens (including phenoxy) is 1. The predicted molar refractivity (Wildman–Crippen MR) is 143 cm³/mol. The maximum Gasteiger partial charge on any atom is 0.341 e. The van der Waals surface area contributed by atoms with Gasteiger partial charge in [0.05, 0.1) is 17.9 Å². The summed E-state index contributed by atoms with van der Waals surface area (Å²) in [6.45, 7) is 2.72. The second-order valence-electron chi connectivity index (χ2n) is 9.03. The average Bonchev–Trinajstić information content (AvgIpc) is 2.88. The summed E-state index contributed by atoms with van der Waals surface area (Å²) in [5, 5.41) is 15.1. The normalized spacial score (nSPS) is 15.4. The number of nitrogens with zero attached hydrogens (tertiary/aromatic N) is 1. The molecule has 0 aliphatic carbocycles. The lowest BCUT2D eigenvalue weighted by Crippen LogP contribution is -2.40. The quantitative estimate of drug-likeness (QED) is 0.263. The Labute approximate surface area is 224 Å². The van der Waals surface area contributed by atoms with Crippen LogP contribution in [0, 0.1) is 17.5 Å². The van der Waals surface area contributed by atoms with Gasteiger partial charge in [-0.15, -0.1) is 12.4 Å². The van der Waals surface area contributed by atoms with Crippen LogP contribution >= 0.6 is 12.4 Å². The first kappa shape index (κ1) is 27.3. The van der Waals surface area contributed by atoms with Gasteiger partial charge >= 0.3 is 5.97 Å². The SMILES string of the molecule is C[C@@H](NCCC1CN(c2ccc(F)c(C(=O)O)c2F)c2cccc(F)c2O1)c1cccc2ccccc12.Cl. The molecule has 198 valence electrons. The molecule has 0 aromatic heterocycles. The summed E-state index contributed by atoms with van der Waals surface area (Å²) in [6, 6.07) is 20.6. The monoisotopic (exact) mass is 542 g/mol. The van der Waals surface area contributed by atoms with Crippen LogP contribution < -0.4 is 15.0 Å². The summed E-state index contributed by atoms with van der Waals surface area (Å²) in [4.78, 5) is 12.9. The highest BCUT2D eigenvalue weighted by atomic mass is 35.5. The smallest absolute Gasteiger partial charge is 0.341 e. The Balaban J connectivity index is 0.00000336. The molecule has 1 unspecified atom stereocenters. The zero-order valence-electron chi connectivity index (χ0n) is 20.5. The highest BCUT2D eigenvalue weighted by Crippen LogP contribution is 2.42. The van der Waals surface area contributed by atoms with E-state index in [-0.39, 0.29) is 42.1 Å². The van der Waals surface area contributed by atoms with Gasteiger partial charge in [0.2, 0.25) is 0 Å². The minimum Gasteiger partial charge on any atom is -0.483 e. The third-order valence-corrected chi connectivity index (χ3v) is 6.69. The minimum atomic E-state index is -1.72. The van der Waals surface area contributed by atoms with E-state index in [2.05, 4.69) is 36.5 Å². The maximum atomic E-state index is 15.2. The topological polar surface area (TPSA) is 61.8 Å². The first-order valence-electron chi connectivity index (χ1n) is 12.0. The summed E-state index contributed by atoms with van der Waals surface area (Å²) >= 11 is 0. The molecular weight excluding hydrogens is 517 g/mol. The summed E-state index contributed by atoms with van der Waals surface area (Å²) in [6.07, 6.45) is -0.0668. The second kappa shape index (κ2) is 11.3. The molecule has 4 aromatic rings. The van der Waals surface area contributed by atoms with Crippen molar-refractivity contribution in [1.82, 2.24) is 5.32 Å². The van der Waals surface area contributed by atoms with Crippen LogP contribution in [0.2, 0.25) is 0 Å². The molecule has 0 bridgehead atoms. The number of carboxylic acids is 1. The molecule has 0 saturated heterocycles. The predicted octanol–water partition coefficient (Wildman–Crippen LogP) is 7.02. The van der Waals surface area contributed by atoms with Gasteiger partial charge in [-0.2, -0.15) is 0 Å². The van der Waals surface area contributed by atoms with Crippen LogP contribution in [0.4, 0.5) is 24.5 Å². The Hall–Kier alpha value is -3.75. The van der Waals surface area contributed by atoms with Crippen molar-refractivity contribution >= 4 is 40.5 Å². The van der Waals surface area contributed by atoms with Crippen LogP contribution in [-0.4, -0.2) is 30.3 Å². The van der Waals surface area contributed by atoms with Gasteiger partial charge in [-0.1, -0.05) is 48.5 Å². The van der Waals surface area contributed by atoms with Gasteiger partial charge in [0.25, 0.3) is 0 Å². The molecule has 1 aliphatic heterocycles. The molecule has 38 heavy (non-hydrogen) atoms. The van der Waals surface area contributed by atoms with Gasteiger partial charge in [-0.05, 0) is 60.5 Å². The van der Waals surface area contributed by atoms with E-state index in [1.165, 1.54) is 17.0 Å². The number of fused-ring (bicyclic) bond motifs is 2. The van der Waals surface area contributed by atoms with Crippen molar-refractivity contribution in [3.05, 3.63) is 101 Å². The molecule has 0 spiro atoms. The molecule has 2 atom stereocenters. The van der Waals surface area contributed by atoms with E-state index in [9.17, 15) is 18.7 Å². The van der Waals surface area contributed by atoms with Crippen molar-refractivity contribution in [3.63, 3.8) is 0 Å². The zero-order valence-corrected chi connectivity index (χ0v) is 21.3. The van der Waals surface area contributed by atoms with E-state index in [1.54, 1.807) is 6.07 Å². The van der Waals surface area contributed by atoms with Gasteiger partial charge < -0.3 is 20.1 Å². The number of carboxylic acid groups (broad SMARTS) is 1. The molecule has 4 aromatic carbocycles. The van der Waals surface area contributed by atoms with Gasteiger partial charge in [0, 0.05) is 6.04 Å². The number of para-hydroxylation sites is 1. The van der Waals surface area contributed by atoms with Crippen molar-refractivity contribution in [2.24, 2.45) is 0 Å². The standard InChI is InChI=1S/C29H25F3N2O3.ClH/c1-17(20-9-4-7-18-6-2-3-8-21(18)20)33-15-14-19-16-34(25-11-5-10-23(31)28(25)37-19)24-13-12-22(30)26(27(24)32)29(35)36;/h2-13,17,19,33H,14-16H2,1H3,(H,35,36);1H/t17-,19?;/m1./s1. The molecule has 1 aliphatic rings. The molecule has 9 heteroatoms. The van der Waals surface area contributed by atoms with E-state index in [1.807, 2.05) is 18.2 Å². The number of aromatic carboxylic acids is 1. The Morgan fingerprint density at radius 2 is 1.74 bits per heavy atom. The van der Waals surface area contributed by atoms with Crippen LogP contribution in [-0.2, 0) is 0 Å². The van der Waals surface area contributed by atoms with Crippen LogP contribution in [0.25, 0.3) is 10.8 Å². The molecule has 0 saturated carbocycles. The number of benzene rings is 4. The molecule has 2 N–H and O–H groups in total. The second-order valence-corrected chi connectivity index (χ2v) is 9.03. The molecule has 0 fully saturated rings. The van der Waals surface area contributed by atoms with E-state index in [0.29, 0.717) is 13.0 Å². The van der Waals surface area contributed by atoms with E-state index >= 15 is 4.39 Å². The first-order chi connectivity index (χ1) is 17.8. The lowest BCUT2D eigenvalue weighted by Gasteiger charge is -2.37. The molecule has 0 radical (unpaired) electrons. The highest BCUT2D eigenvalue weighted by Gasteiger charge is 2.32. The highest BCUT2D eigenvalue weighted by molar-refractivity contribution is 5.90. The summed E-state index contributed by atoms with van der Waals surface area (Å²) < 4.78 is 49.8. The minimum absolute atomic E-state index is 0. The lowest BCUT2D eigenvalue weighted by atomic mass is 9.99. The molecule has 1 heterocycles. The van der Waals surface area contributed by atoms with Gasteiger partial charge in [-0.25, -0.2) is 18.0 Å². The van der Waals surface area contributed by atoms with Gasteiger partial charge in [-0.3, -0.25) is 0 Å². The molecule has 0 amide bonds. The van der Waals surface area contributed by atoms with Crippen molar-refractivity contribution in [3.8, 4) is 5.75 Å². The van der Waals surface area contributed by atoms with E-state index in [0.717, 1.165) is 28.5 Å². The number of nitrogens with one attached hydrogen (secondary N) is 1. The average molecular weight is 543 g/mol. The molecule has 5 nitrogen and oxygen atoms in total. The third-order valence-electron chi connectivity index (χ3n) is 6.69. The number of halogens is 4. The van der Waals surface area contributed by atoms with Crippen LogP contribution in [0.3, 0.4) is 0 Å². The van der Waals surface area contributed by atoms with Crippen molar-refractivity contribution in [2.75, 3.05) is 18.0 Å². The first-order valence-corrected chi connectivity index (χ1v) is 12.0. The Kier molecular flexibility index (Phi) is 8.14. The van der Waals surface area contributed by atoms with Crippen molar-refractivity contribution in [1.29, 1.82) is 0 Å². The third kappa shape index (κ3) is 5.14. The Morgan fingerprint density at radius 1 is 1.00 bits per heavy atom. The van der Waals surface area contributed by atoms with Crippen molar-refractivity contribution in [2.45, 2.75) is 25.5 Å². The van der Waals surface area contributed by atoms with Gasteiger partial charge in [0.1, 0.15) is 17.5 Å². The Bertz CT molecular complexity index is 1480. The van der Waals surface area contributed by atoms with Crippen LogP contribution in [0.1, 0.15) is 35.3 Å². The van der Waals surface area contributed by atoms with E-state index < -0.39 is 35.1 Å². The maximum absolute atomic E-state index is 15.2. The van der Waals surface area contributed by atoms with E-state index in [4.69, 9.17) is 4.74 Å². The number of carbonyl (C=O) groups is 1. The molecular formula is C29H26ClF3N2O3.